The molecule has 0 fully saturated rings. The molecule has 1 unspecified atom stereocenters. The van der Waals surface area contributed by atoms with Crippen LogP contribution in [-0.2, 0) is 4.79 Å². The summed E-state index contributed by atoms with van der Waals surface area (Å²) in [4.78, 5) is 30.0. The van der Waals surface area contributed by atoms with Crippen LogP contribution in [0.2, 0.25) is 0 Å². The highest BCUT2D eigenvalue weighted by Crippen LogP contribution is 2.14. The second-order valence-electron chi connectivity index (χ2n) is 5.19. The number of aromatic nitrogens is 2. The number of aromatic amines is 1. The topological polar surface area (TPSA) is 101 Å². The van der Waals surface area contributed by atoms with Gasteiger partial charge >= 0.3 is 0 Å². The minimum absolute atomic E-state index is 0.204. The van der Waals surface area contributed by atoms with Gasteiger partial charge in [-0.15, -0.1) is 0 Å². The minimum atomic E-state index is -0.544. The zero-order valence-corrected chi connectivity index (χ0v) is 11.5. The molecular weight excluding hydrogens is 256 g/mol. The number of carbonyl (C=O) groups is 1. The Labute approximate surface area is 116 Å². The van der Waals surface area contributed by atoms with Gasteiger partial charge in [-0.05, 0) is 30.5 Å². The number of hydrogen-bond donors (Lipinski definition) is 3. The van der Waals surface area contributed by atoms with Gasteiger partial charge < -0.3 is 16.0 Å². The van der Waals surface area contributed by atoms with Crippen molar-refractivity contribution in [1.29, 1.82) is 0 Å². The monoisotopic (exact) mass is 274 g/mol. The summed E-state index contributed by atoms with van der Waals surface area (Å²) in [5.41, 5.74) is 6.73. The van der Waals surface area contributed by atoms with Crippen molar-refractivity contribution in [1.82, 2.24) is 9.97 Å². The number of amides is 1. The Kier molecular flexibility index (Phi) is 4.14. The van der Waals surface area contributed by atoms with Gasteiger partial charge in [0.1, 0.15) is 0 Å². The maximum absolute atomic E-state index is 11.9. The molecule has 1 atom stereocenters. The molecule has 0 aliphatic heterocycles. The number of carbonyl (C=O) groups excluding carboxylic acids is 1. The summed E-state index contributed by atoms with van der Waals surface area (Å²) in [6.45, 7) is 4.03. The molecule has 1 aromatic carbocycles. The minimum Gasteiger partial charge on any atom is -0.325 e. The largest absolute Gasteiger partial charge is 0.325 e. The maximum atomic E-state index is 11.9. The number of nitrogens with two attached hydrogens (primary N) is 1. The van der Waals surface area contributed by atoms with Gasteiger partial charge in [-0.1, -0.05) is 13.8 Å². The molecule has 1 amide bonds. The molecule has 0 saturated heterocycles. The summed E-state index contributed by atoms with van der Waals surface area (Å²) in [5.74, 6) is 0.121. The van der Waals surface area contributed by atoms with Crippen molar-refractivity contribution in [2.75, 3.05) is 5.32 Å². The van der Waals surface area contributed by atoms with Gasteiger partial charge in [-0.25, -0.2) is 4.98 Å². The van der Waals surface area contributed by atoms with E-state index in [-0.39, 0.29) is 11.5 Å². The number of anilines is 1. The van der Waals surface area contributed by atoms with Gasteiger partial charge in [0.25, 0.3) is 5.56 Å². The molecule has 0 aliphatic rings. The molecule has 2 rings (SSSR count). The number of hydrogen-bond acceptors (Lipinski definition) is 4. The molecule has 2 aromatic rings. The number of rotatable bonds is 4. The zero-order chi connectivity index (χ0) is 14.7. The van der Waals surface area contributed by atoms with Crippen LogP contribution in [0.1, 0.15) is 20.3 Å². The fourth-order valence-electron chi connectivity index (χ4n) is 2.00. The van der Waals surface area contributed by atoms with Gasteiger partial charge in [0.15, 0.2) is 0 Å². The van der Waals surface area contributed by atoms with E-state index < -0.39 is 6.04 Å². The van der Waals surface area contributed by atoms with Crippen LogP contribution in [0.3, 0.4) is 0 Å². The standard InChI is InChI=1S/C14H18N4O2/c1-8(2)5-11(15)14(20)18-9-3-4-10-12(6-9)16-7-17-13(10)19/h3-4,6-8,11H,5,15H2,1-2H3,(H,18,20)(H,16,17,19). The van der Waals surface area contributed by atoms with Gasteiger partial charge in [0, 0.05) is 5.69 Å². The summed E-state index contributed by atoms with van der Waals surface area (Å²) < 4.78 is 0. The molecule has 1 heterocycles. The van der Waals surface area contributed by atoms with E-state index in [0.717, 1.165) is 0 Å². The summed E-state index contributed by atoms with van der Waals surface area (Å²) in [6.07, 6.45) is 1.96. The van der Waals surface area contributed by atoms with Crippen molar-refractivity contribution in [3.8, 4) is 0 Å². The third kappa shape index (κ3) is 3.21. The maximum Gasteiger partial charge on any atom is 0.258 e. The van der Waals surface area contributed by atoms with Crippen molar-refractivity contribution in [3.05, 3.63) is 34.9 Å². The van der Waals surface area contributed by atoms with Gasteiger partial charge in [0.2, 0.25) is 5.91 Å². The summed E-state index contributed by atoms with van der Waals surface area (Å²) in [5, 5.41) is 3.23. The fourth-order valence-corrected chi connectivity index (χ4v) is 2.00. The first-order valence-corrected chi connectivity index (χ1v) is 6.51. The number of nitrogens with zero attached hydrogens (tertiary/aromatic N) is 1. The zero-order valence-electron chi connectivity index (χ0n) is 11.5. The first-order chi connectivity index (χ1) is 9.47. The van der Waals surface area contributed by atoms with E-state index in [2.05, 4.69) is 15.3 Å². The smallest absolute Gasteiger partial charge is 0.258 e. The van der Waals surface area contributed by atoms with E-state index in [0.29, 0.717) is 28.9 Å². The SMILES string of the molecule is CC(C)CC(N)C(=O)Nc1ccc2c(=O)[nH]cnc2c1. The highest BCUT2D eigenvalue weighted by Gasteiger charge is 2.15. The molecule has 0 radical (unpaired) electrons. The number of nitrogens with one attached hydrogen (secondary N) is 2. The molecule has 20 heavy (non-hydrogen) atoms. The molecule has 1 aromatic heterocycles. The lowest BCUT2D eigenvalue weighted by Gasteiger charge is -2.14. The van der Waals surface area contributed by atoms with Crippen LogP contribution in [0, 0.1) is 5.92 Å². The molecule has 106 valence electrons. The van der Waals surface area contributed by atoms with Crippen molar-refractivity contribution in [2.45, 2.75) is 26.3 Å². The lowest BCUT2D eigenvalue weighted by Crippen LogP contribution is -2.36. The molecule has 6 heteroatoms. The summed E-state index contributed by atoms with van der Waals surface area (Å²) in [7, 11) is 0. The third-order valence-corrected chi connectivity index (χ3v) is 2.97. The Morgan fingerprint density at radius 3 is 2.90 bits per heavy atom. The van der Waals surface area contributed by atoms with E-state index in [9.17, 15) is 9.59 Å². The van der Waals surface area contributed by atoms with Crippen molar-refractivity contribution < 1.29 is 4.79 Å². The fraction of sp³-hybridized carbons (Fsp3) is 0.357. The molecule has 6 nitrogen and oxygen atoms in total. The van der Waals surface area contributed by atoms with Crippen LogP contribution in [0.4, 0.5) is 5.69 Å². The van der Waals surface area contributed by atoms with Crippen LogP contribution in [0.5, 0.6) is 0 Å². The van der Waals surface area contributed by atoms with Crippen molar-refractivity contribution in [2.24, 2.45) is 11.7 Å². The van der Waals surface area contributed by atoms with E-state index in [4.69, 9.17) is 5.73 Å². The van der Waals surface area contributed by atoms with Crippen LogP contribution >= 0.6 is 0 Å². The Morgan fingerprint density at radius 2 is 2.20 bits per heavy atom. The summed E-state index contributed by atoms with van der Waals surface area (Å²) >= 11 is 0. The van der Waals surface area contributed by atoms with Crippen LogP contribution in [0.15, 0.2) is 29.3 Å². The molecule has 0 aliphatic carbocycles. The number of fused-ring (bicyclic) bond motifs is 1. The normalized spacial score (nSPS) is 12.6. The Hall–Kier alpha value is -2.21. The Balaban J connectivity index is 2.18. The van der Waals surface area contributed by atoms with Gasteiger partial charge in [-0.3, -0.25) is 9.59 Å². The lowest BCUT2D eigenvalue weighted by atomic mass is 10.0. The van der Waals surface area contributed by atoms with Gasteiger partial charge in [-0.2, -0.15) is 0 Å². The highest BCUT2D eigenvalue weighted by molar-refractivity contribution is 5.96. The van der Waals surface area contributed by atoms with E-state index >= 15 is 0 Å². The van der Waals surface area contributed by atoms with E-state index in [1.165, 1.54) is 6.33 Å². The van der Waals surface area contributed by atoms with Gasteiger partial charge in [0.05, 0.1) is 23.3 Å². The molecule has 0 bridgehead atoms. The molecule has 0 saturated carbocycles. The van der Waals surface area contributed by atoms with E-state index in [1.807, 2.05) is 13.8 Å². The second kappa shape index (κ2) is 5.83. The van der Waals surface area contributed by atoms with E-state index in [1.54, 1.807) is 18.2 Å². The van der Waals surface area contributed by atoms with Crippen LogP contribution in [-0.4, -0.2) is 21.9 Å². The number of benzene rings is 1. The quantitative estimate of drug-likeness (QED) is 0.780. The number of H-pyrrole nitrogens is 1. The third-order valence-electron chi connectivity index (χ3n) is 2.97. The Morgan fingerprint density at radius 1 is 1.45 bits per heavy atom. The second-order valence-corrected chi connectivity index (χ2v) is 5.19. The molecular formula is C14H18N4O2. The highest BCUT2D eigenvalue weighted by atomic mass is 16.2. The first kappa shape index (κ1) is 14.2. The summed E-state index contributed by atoms with van der Waals surface area (Å²) in [6, 6.07) is 4.41. The van der Waals surface area contributed by atoms with Crippen LogP contribution < -0.4 is 16.6 Å². The molecule has 4 N–H and O–H groups in total. The molecule has 0 spiro atoms. The average molecular weight is 274 g/mol. The van der Waals surface area contributed by atoms with Crippen LogP contribution in [0.25, 0.3) is 10.9 Å². The Bertz CT molecular complexity index is 678. The predicted molar refractivity (Wildman–Crippen MR) is 78.4 cm³/mol. The average Bonchev–Trinajstić information content (AvgIpc) is 2.38. The van der Waals surface area contributed by atoms with Crippen molar-refractivity contribution >= 4 is 22.5 Å². The first-order valence-electron chi connectivity index (χ1n) is 6.51. The predicted octanol–water partition coefficient (Wildman–Crippen LogP) is 1.23. The lowest BCUT2D eigenvalue weighted by molar-refractivity contribution is -0.117. The van der Waals surface area contributed by atoms with Crippen molar-refractivity contribution in [3.63, 3.8) is 0 Å².